The van der Waals surface area contributed by atoms with E-state index in [0.717, 1.165) is 58.3 Å². The molecule has 0 radical (unpaired) electrons. The third-order valence-corrected chi connectivity index (χ3v) is 5.06. The van der Waals surface area contributed by atoms with Crippen molar-refractivity contribution in [3.8, 4) is 0 Å². The van der Waals surface area contributed by atoms with E-state index in [1.54, 1.807) is 0 Å². The fraction of sp³-hybridized carbons (Fsp3) is 0.579. The highest BCUT2D eigenvalue weighted by Crippen LogP contribution is 2.22. The van der Waals surface area contributed by atoms with Crippen molar-refractivity contribution in [3.05, 3.63) is 29.8 Å². The Bertz CT molecular complexity index is 576. The molecule has 5 heteroatoms. The Morgan fingerprint density at radius 2 is 1.83 bits per heavy atom. The first kappa shape index (κ1) is 17.0. The second-order valence-electron chi connectivity index (χ2n) is 6.83. The number of benzene rings is 1. The molecule has 1 aromatic rings. The quantitative estimate of drug-likeness (QED) is 0.873. The summed E-state index contributed by atoms with van der Waals surface area (Å²) in [6.45, 7) is 3.74. The summed E-state index contributed by atoms with van der Waals surface area (Å²) in [6.07, 6.45) is 5.88. The van der Waals surface area contributed by atoms with Crippen molar-refractivity contribution in [3.63, 3.8) is 0 Å². The second-order valence-corrected chi connectivity index (χ2v) is 6.83. The molecule has 0 atom stereocenters. The van der Waals surface area contributed by atoms with Crippen LogP contribution in [0.5, 0.6) is 0 Å². The van der Waals surface area contributed by atoms with Crippen molar-refractivity contribution in [1.29, 1.82) is 0 Å². The van der Waals surface area contributed by atoms with E-state index in [2.05, 4.69) is 10.6 Å². The zero-order chi connectivity index (χ0) is 16.8. The first-order valence-electron chi connectivity index (χ1n) is 9.13. The molecule has 0 aromatic heterocycles. The molecular weight excluding hydrogens is 302 g/mol. The maximum atomic E-state index is 12.6. The van der Waals surface area contributed by atoms with Gasteiger partial charge in [0.2, 0.25) is 5.91 Å². The van der Waals surface area contributed by atoms with Crippen molar-refractivity contribution < 1.29 is 9.59 Å². The molecular formula is C19H27N3O2. The first-order chi connectivity index (χ1) is 11.7. The summed E-state index contributed by atoms with van der Waals surface area (Å²) in [5.41, 5.74) is 1.25. The molecule has 2 aliphatic heterocycles. The Morgan fingerprint density at radius 1 is 1.12 bits per heavy atom. The van der Waals surface area contributed by atoms with Crippen LogP contribution in [0.1, 0.15) is 48.9 Å². The normalized spacial score (nSPS) is 18.6. The number of likely N-dealkylation sites (tertiary alicyclic amines) is 1. The molecule has 130 valence electrons. The van der Waals surface area contributed by atoms with Crippen LogP contribution in [0.3, 0.4) is 0 Å². The van der Waals surface area contributed by atoms with Gasteiger partial charge in [0, 0.05) is 19.5 Å². The maximum absolute atomic E-state index is 12.6. The summed E-state index contributed by atoms with van der Waals surface area (Å²) in [5.74, 6) is 0.676. The van der Waals surface area contributed by atoms with Crippen LogP contribution in [0.25, 0.3) is 0 Å². The molecule has 2 aliphatic rings. The maximum Gasteiger partial charge on any atom is 0.255 e. The number of anilines is 1. The molecule has 3 rings (SSSR count). The van der Waals surface area contributed by atoms with Gasteiger partial charge in [-0.2, -0.15) is 0 Å². The molecule has 0 saturated carbocycles. The van der Waals surface area contributed by atoms with Gasteiger partial charge in [0.25, 0.3) is 5.91 Å². The second kappa shape index (κ2) is 8.29. The lowest BCUT2D eigenvalue weighted by molar-refractivity contribution is -0.116. The summed E-state index contributed by atoms with van der Waals surface area (Å²) in [6, 6.07) is 7.35. The molecule has 0 unspecified atom stereocenters. The topological polar surface area (TPSA) is 61.4 Å². The van der Waals surface area contributed by atoms with E-state index >= 15 is 0 Å². The zero-order valence-corrected chi connectivity index (χ0v) is 14.2. The first-order valence-corrected chi connectivity index (χ1v) is 9.13. The van der Waals surface area contributed by atoms with E-state index in [-0.39, 0.29) is 11.8 Å². The molecule has 2 amide bonds. The number of rotatable bonds is 5. The van der Waals surface area contributed by atoms with E-state index in [4.69, 9.17) is 0 Å². The molecule has 2 saturated heterocycles. The van der Waals surface area contributed by atoms with Crippen molar-refractivity contribution in [1.82, 2.24) is 10.2 Å². The lowest BCUT2D eigenvalue weighted by Crippen LogP contribution is -2.29. The van der Waals surface area contributed by atoms with Crippen LogP contribution in [0, 0.1) is 5.92 Å². The number of nitrogens with one attached hydrogen (secondary N) is 2. The van der Waals surface area contributed by atoms with Crippen LogP contribution in [0.15, 0.2) is 24.3 Å². The Labute approximate surface area is 143 Å². The third-order valence-electron chi connectivity index (χ3n) is 5.06. The van der Waals surface area contributed by atoms with E-state index in [9.17, 15) is 9.59 Å². The SMILES string of the molecule is O=C(CCC1CCNCC1)Nc1ccccc1C(=O)N1CCCC1. The molecule has 0 spiro atoms. The minimum absolute atomic E-state index is 0.00945. The lowest BCUT2D eigenvalue weighted by atomic mass is 9.93. The number of hydrogen-bond acceptors (Lipinski definition) is 3. The van der Waals surface area contributed by atoms with Gasteiger partial charge in [-0.15, -0.1) is 0 Å². The zero-order valence-electron chi connectivity index (χ0n) is 14.2. The number of hydrogen-bond donors (Lipinski definition) is 2. The van der Waals surface area contributed by atoms with E-state index in [1.807, 2.05) is 29.2 Å². The van der Waals surface area contributed by atoms with Gasteiger partial charge in [-0.25, -0.2) is 0 Å². The molecule has 1 aromatic carbocycles. The number of carbonyl (C=O) groups is 2. The Kier molecular flexibility index (Phi) is 5.86. The van der Waals surface area contributed by atoms with Crippen molar-refractivity contribution in [2.24, 2.45) is 5.92 Å². The van der Waals surface area contributed by atoms with E-state index in [0.29, 0.717) is 23.6 Å². The number of nitrogens with zero attached hydrogens (tertiary/aromatic N) is 1. The van der Waals surface area contributed by atoms with Gasteiger partial charge in [0.05, 0.1) is 11.3 Å². The van der Waals surface area contributed by atoms with Gasteiger partial charge < -0.3 is 15.5 Å². The van der Waals surface area contributed by atoms with Crippen LogP contribution < -0.4 is 10.6 Å². The fourth-order valence-corrected chi connectivity index (χ4v) is 3.59. The number of para-hydroxylation sites is 1. The molecule has 2 fully saturated rings. The van der Waals surface area contributed by atoms with Crippen LogP contribution in [0.2, 0.25) is 0 Å². The monoisotopic (exact) mass is 329 g/mol. The van der Waals surface area contributed by atoms with Gasteiger partial charge >= 0.3 is 0 Å². The average Bonchev–Trinajstić information content (AvgIpc) is 3.15. The van der Waals surface area contributed by atoms with Crippen LogP contribution >= 0.6 is 0 Å². The molecule has 2 N–H and O–H groups in total. The smallest absolute Gasteiger partial charge is 0.255 e. The molecule has 24 heavy (non-hydrogen) atoms. The van der Waals surface area contributed by atoms with Gasteiger partial charge in [-0.3, -0.25) is 9.59 Å². The highest BCUT2D eigenvalue weighted by Gasteiger charge is 2.22. The van der Waals surface area contributed by atoms with Gasteiger partial charge in [0.1, 0.15) is 0 Å². The lowest BCUT2D eigenvalue weighted by Gasteiger charge is -2.22. The Morgan fingerprint density at radius 3 is 2.58 bits per heavy atom. The summed E-state index contributed by atoms with van der Waals surface area (Å²) in [4.78, 5) is 26.8. The van der Waals surface area contributed by atoms with Gasteiger partial charge in [-0.1, -0.05) is 12.1 Å². The third kappa shape index (κ3) is 4.35. The van der Waals surface area contributed by atoms with Crippen LogP contribution in [0.4, 0.5) is 5.69 Å². The molecule has 0 aliphatic carbocycles. The minimum atomic E-state index is 0.00945. The number of carbonyl (C=O) groups excluding carboxylic acids is 2. The van der Waals surface area contributed by atoms with Crippen molar-refractivity contribution in [2.75, 3.05) is 31.5 Å². The fourth-order valence-electron chi connectivity index (χ4n) is 3.59. The van der Waals surface area contributed by atoms with Gasteiger partial charge in [-0.05, 0) is 63.2 Å². The molecule has 5 nitrogen and oxygen atoms in total. The minimum Gasteiger partial charge on any atom is -0.339 e. The highest BCUT2D eigenvalue weighted by atomic mass is 16.2. The summed E-state index contributed by atoms with van der Waals surface area (Å²) in [7, 11) is 0. The Hall–Kier alpha value is -1.88. The number of piperidine rings is 1. The summed E-state index contributed by atoms with van der Waals surface area (Å²) < 4.78 is 0. The van der Waals surface area contributed by atoms with Crippen molar-refractivity contribution in [2.45, 2.75) is 38.5 Å². The number of amides is 2. The summed E-state index contributed by atoms with van der Waals surface area (Å²) >= 11 is 0. The predicted molar refractivity (Wildman–Crippen MR) is 95.0 cm³/mol. The molecule has 0 bridgehead atoms. The Balaban J connectivity index is 1.57. The largest absolute Gasteiger partial charge is 0.339 e. The van der Waals surface area contributed by atoms with Crippen molar-refractivity contribution >= 4 is 17.5 Å². The predicted octanol–water partition coefficient (Wildman–Crippen LogP) is 2.64. The molecule has 2 heterocycles. The standard InChI is InChI=1S/C19H27N3O2/c23-18(8-7-15-9-11-20-12-10-15)21-17-6-2-1-5-16(17)19(24)22-13-3-4-14-22/h1-2,5-6,15,20H,3-4,7-14H2,(H,21,23). The van der Waals surface area contributed by atoms with Gasteiger partial charge in [0.15, 0.2) is 0 Å². The summed E-state index contributed by atoms with van der Waals surface area (Å²) in [5, 5.41) is 6.30. The average molecular weight is 329 g/mol. The van der Waals surface area contributed by atoms with Crippen LogP contribution in [-0.4, -0.2) is 42.9 Å². The van der Waals surface area contributed by atoms with Crippen LogP contribution in [-0.2, 0) is 4.79 Å². The van der Waals surface area contributed by atoms with E-state index in [1.165, 1.54) is 0 Å². The van der Waals surface area contributed by atoms with E-state index < -0.39 is 0 Å². The highest BCUT2D eigenvalue weighted by molar-refractivity contribution is 6.03.